The number of imidazole rings is 1. The summed E-state index contributed by atoms with van der Waals surface area (Å²) in [5, 5.41) is 0.135. The highest BCUT2D eigenvalue weighted by Crippen LogP contribution is 2.20. The molecule has 0 unspecified atom stereocenters. The summed E-state index contributed by atoms with van der Waals surface area (Å²) in [7, 11) is -3.43. The van der Waals surface area contributed by atoms with Crippen LogP contribution < -0.4 is 4.72 Å². The smallest absolute Gasteiger partial charge is 0.257 e. The predicted molar refractivity (Wildman–Crippen MR) is 65.1 cm³/mol. The van der Waals surface area contributed by atoms with E-state index in [0.29, 0.717) is 12.4 Å². The Labute approximate surface area is 101 Å². The van der Waals surface area contributed by atoms with Crippen LogP contribution in [0.25, 0.3) is 0 Å². The van der Waals surface area contributed by atoms with Gasteiger partial charge in [0.05, 0.1) is 6.20 Å². The lowest BCUT2D eigenvalue weighted by Gasteiger charge is -2.05. The van der Waals surface area contributed by atoms with Crippen molar-refractivity contribution in [2.45, 2.75) is 37.6 Å². The van der Waals surface area contributed by atoms with Crippen LogP contribution in [0.4, 0.5) is 0 Å². The minimum Gasteiger partial charge on any atom is -0.332 e. The lowest BCUT2D eigenvalue weighted by atomic mass is 10.2. The quantitative estimate of drug-likeness (QED) is 0.783. The average molecular weight is 255 g/mol. The third-order valence-corrected chi connectivity index (χ3v) is 4.21. The fourth-order valence-corrected chi connectivity index (χ4v) is 2.92. The molecule has 0 aromatic carbocycles. The molecule has 1 aromatic heterocycles. The maximum atomic E-state index is 11.8. The van der Waals surface area contributed by atoms with Gasteiger partial charge in [-0.3, -0.25) is 0 Å². The second kappa shape index (κ2) is 5.01. The fraction of sp³-hybridized carbons (Fsp3) is 0.545. The number of hydrogen-bond acceptors (Lipinski definition) is 3. The van der Waals surface area contributed by atoms with Crippen molar-refractivity contribution in [3.63, 3.8) is 0 Å². The number of sulfonamides is 1. The second-order valence-electron chi connectivity index (χ2n) is 4.24. The molecule has 6 heteroatoms. The summed E-state index contributed by atoms with van der Waals surface area (Å²) in [6.45, 7) is 2.18. The van der Waals surface area contributed by atoms with Gasteiger partial charge in [-0.25, -0.2) is 18.1 Å². The van der Waals surface area contributed by atoms with E-state index in [-0.39, 0.29) is 5.03 Å². The van der Waals surface area contributed by atoms with E-state index in [4.69, 9.17) is 0 Å². The minimum atomic E-state index is -3.43. The molecule has 2 N–H and O–H groups in total. The molecule has 5 nitrogen and oxygen atoms in total. The Morgan fingerprint density at radius 1 is 1.53 bits per heavy atom. The molecule has 0 fully saturated rings. The number of H-pyrrole nitrogens is 1. The van der Waals surface area contributed by atoms with Crippen LogP contribution in [0, 0.1) is 6.92 Å². The van der Waals surface area contributed by atoms with Crippen LogP contribution in [-0.4, -0.2) is 24.9 Å². The van der Waals surface area contributed by atoms with E-state index in [1.165, 1.54) is 18.2 Å². The highest BCUT2D eigenvalue weighted by atomic mass is 32.2. The van der Waals surface area contributed by atoms with Crippen LogP contribution in [0.2, 0.25) is 0 Å². The van der Waals surface area contributed by atoms with E-state index < -0.39 is 10.0 Å². The summed E-state index contributed by atoms with van der Waals surface area (Å²) >= 11 is 0. The van der Waals surface area contributed by atoms with E-state index in [0.717, 1.165) is 19.3 Å². The molecule has 0 radical (unpaired) electrons. The first-order valence-electron chi connectivity index (χ1n) is 5.77. The number of aromatic nitrogens is 2. The zero-order valence-electron chi connectivity index (χ0n) is 9.86. The van der Waals surface area contributed by atoms with Crippen molar-refractivity contribution in [2.75, 3.05) is 6.54 Å². The summed E-state index contributed by atoms with van der Waals surface area (Å²) in [5.41, 5.74) is 1.36. The molecular formula is C11H17N3O2S. The van der Waals surface area contributed by atoms with Crippen LogP contribution in [0.15, 0.2) is 22.9 Å². The maximum absolute atomic E-state index is 11.8. The van der Waals surface area contributed by atoms with Gasteiger partial charge in [-0.1, -0.05) is 11.6 Å². The molecule has 1 aliphatic rings. The molecule has 0 amide bonds. The molecule has 0 aliphatic heterocycles. The molecule has 0 saturated heterocycles. The van der Waals surface area contributed by atoms with Gasteiger partial charge < -0.3 is 4.98 Å². The Hall–Kier alpha value is -1.14. The van der Waals surface area contributed by atoms with Crippen molar-refractivity contribution in [3.8, 4) is 0 Å². The van der Waals surface area contributed by atoms with Crippen molar-refractivity contribution < 1.29 is 8.42 Å². The molecule has 2 rings (SSSR count). The minimum absolute atomic E-state index is 0.135. The van der Waals surface area contributed by atoms with Crippen molar-refractivity contribution in [3.05, 3.63) is 23.7 Å². The van der Waals surface area contributed by atoms with Crippen LogP contribution >= 0.6 is 0 Å². The summed E-state index contributed by atoms with van der Waals surface area (Å²) in [5.74, 6) is 0.601. The average Bonchev–Trinajstić information content (AvgIpc) is 2.89. The number of aryl methyl sites for hydroxylation is 1. The number of hydrogen-bond donors (Lipinski definition) is 2. The standard InChI is InChI=1S/C11H17N3O2S/c1-9-12-8-11(14-9)17(15,16)13-7-6-10-4-2-3-5-10/h4,8,13H,2-3,5-7H2,1H3,(H,12,14). The van der Waals surface area contributed by atoms with Crippen molar-refractivity contribution in [2.24, 2.45) is 0 Å². The molecule has 0 saturated carbocycles. The molecule has 0 atom stereocenters. The lowest BCUT2D eigenvalue weighted by Crippen LogP contribution is -2.25. The van der Waals surface area contributed by atoms with E-state index in [1.54, 1.807) is 6.92 Å². The van der Waals surface area contributed by atoms with E-state index in [9.17, 15) is 8.42 Å². The molecule has 94 valence electrons. The van der Waals surface area contributed by atoms with Crippen LogP contribution in [0.5, 0.6) is 0 Å². The summed E-state index contributed by atoms with van der Waals surface area (Å²) in [4.78, 5) is 6.60. The van der Waals surface area contributed by atoms with Gasteiger partial charge in [0.25, 0.3) is 10.0 Å². The van der Waals surface area contributed by atoms with Crippen LogP contribution in [0.1, 0.15) is 31.5 Å². The molecule has 17 heavy (non-hydrogen) atoms. The third kappa shape index (κ3) is 3.17. The van der Waals surface area contributed by atoms with E-state index in [2.05, 4.69) is 20.8 Å². The predicted octanol–water partition coefficient (Wildman–Crippen LogP) is 1.50. The van der Waals surface area contributed by atoms with Crippen LogP contribution in [0.3, 0.4) is 0 Å². The molecule has 1 heterocycles. The maximum Gasteiger partial charge on any atom is 0.257 e. The van der Waals surface area contributed by atoms with Crippen LogP contribution in [-0.2, 0) is 10.0 Å². The number of nitrogens with one attached hydrogen (secondary N) is 2. The number of allylic oxidation sites excluding steroid dienone is 1. The van der Waals surface area contributed by atoms with E-state index >= 15 is 0 Å². The molecule has 0 bridgehead atoms. The Morgan fingerprint density at radius 2 is 2.35 bits per heavy atom. The topological polar surface area (TPSA) is 74.8 Å². The highest BCUT2D eigenvalue weighted by Gasteiger charge is 2.16. The Kier molecular flexibility index (Phi) is 3.63. The van der Waals surface area contributed by atoms with Gasteiger partial charge in [0, 0.05) is 6.54 Å². The normalized spacial score (nSPS) is 16.2. The van der Waals surface area contributed by atoms with Crippen molar-refractivity contribution in [1.82, 2.24) is 14.7 Å². The third-order valence-electron chi connectivity index (χ3n) is 2.84. The van der Waals surface area contributed by atoms with Gasteiger partial charge in [0.1, 0.15) is 5.82 Å². The monoisotopic (exact) mass is 255 g/mol. The van der Waals surface area contributed by atoms with E-state index in [1.807, 2.05) is 0 Å². The molecular weight excluding hydrogens is 238 g/mol. The summed E-state index contributed by atoms with van der Waals surface area (Å²) in [6, 6.07) is 0. The number of nitrogens with zero attached hydrogens (tertiary/aromatic N) is 1. The SMILES string of the molecule is Cc1ncc(S(=O)(=O)NCCC2=CCCC2)[nH]1. The largest absolute Gasteiger partial charge is 0.332 e. The molecule has 1 aromatic rings. The summed E-state index contributed by atoms with van der Waals surface area (Å²) < 4.78 is 26.2. The van der Waals surface area contributed by atoms with Gasteiger partial charge in [0.15, 0.2) is 5.03 Å². The first-order valence-corrected chi connectivity index (χ1v) is 7.25. The zero-order valence-corrected chi connectivity index (χ0v) is 10.7. The summed E-state index contributed by atoms with van der Waals surface area (Å²) in [6.07, 6.45) is 7.77. The number of rotatable bonds is 5. The Bertz CT molecular complexity index is 517. The first kappa shape index (κ1) is 12.3. The van der Waals surface area contributed by atoms with Gasteiger partial charge in [-0.15, -0.1) is 0 Å². The highest BCUT2D eigenvalue weighted by molar-refractivity contribution is 7.89. The number of aromatic amines is 1. The zero-order chi connectivity index (χ0) is 12.3. The van der Waals surface area contributed by atoms with Gasteiger partial charge >= 0.3 is 0 Å². The Balaban J connectivity index is 1.89. The van der Waals surface area contributed by atoms with Gasteiger partial charge in [0.2, 0.25) is 0 Å². The van der Waals surface area contributed by atoms with Crippen molar-refractivity contribution in [1.29, 1.82) is 0 Å². The van der Waals surface area contributed by atoms with Gasteiger partial charge in [-0.05, 0) is 32.6 Å². The second-order valence-corrected chi connectivity index (χ2v) is 5.97. The molecule has 1 aliphatic carbocycles. The molecule has 0 spiro atoms. The fourth-order valence-electron chi connectivity index (χ4n) is 1.92. The Morgan fingerprint density at radius 3 is 2.94 bits per heavy atom. The van der Waals surface area contributed by atoms with Crippen molar-refractivity contribution >= 4 is 10.0 Å². The first-order chi connectivity index (χ1) is 8.08. The lowest BCUT2D eigenvalue weighted by molar-refractivity contribution is 0.578. The van der Waals surface area contributed by atoms with Gasteiger partial charge in [-0.2, -0.15) is 0 Å².